The number of H-pyrrole nitrogens is 1. The number of nitrogens with one attached hydrogen (secondary N) is 1. The highest BCUT2D eigenvalue weighted by Gasteiger charge is 2.12. The van der Waals surface area contributed by atoms with E-state index in [4.69, 9.17) is 5.10 Å². The van der Waals surface area contributed by atoms with Crippen LogP contribution in [0.25, 0.3) is 35.3 Å². The van der Waals surface area contributed by atoms with E-state index in [1.54, 1.807) is 0 Å². The van der Waals surface area contributed by atoms with Crippen LogP contribution < -0.4 is 16.1 Å². The van der Waals surface area contributed by atoms with Crippen molar-refractivity contribution >= 4 is 28.6 Å². The summed E-state index contributed by atoms with van der Waals surface area (Å²) < 4.78 is 4.33. The largest absolute Gasteiger partial charge is 0.291 e. The van der Waals surface area contributed by atoms with Gasteiger partial charge in [-0.2, -0.15) is 5.10 Å². The lowest BCUT2D eigenvalue weighted by Crippen LogP contribution is -2.33. The van der Waals surface area contributed by atoms with Crippen LogP contribution in [0.4, 0.5) is 0 Å². The summed E-state index contributed by atoms with van der Waals surface area (Å²) in [7, 11) is 0. The van der Waals surface area contributed by atoms with Crippen LogP contribution in [0.5, 0.6) is 0 Å². The van der Waals surface area contributed by atoms with Crippen LogP contribution in [0.2, 0.25) is 0 Å². The maximum atomic E-state index is 13.2. The van der Waals surface area contributed by atoms with Crippen molar-refractivity contribution in [1.29, 1.82) is 0 Å². The van der Waals surface area contributed by atoms with Gasteiger partial charge in [0.25, 0.3) is 5.56 Å². The summed E-state index contributed by atoms with van der Waals surface area (Å²) in [6, 6.07) is 27.3. The fourth-order valence-electron chi connectivity index (χ4n) is 3.60. The zero-order valence-corrected chi connectivity index (χ0v) is 18.7. The molecular formula is C26H19BrN4O. The second-order valence-electron chi connectivity index (χ2n) is 7.34. The van der Waals surface area contributed by atoms with Crippen LogP contribution in [-0.4, -0.2) is 19.6 Å². The number of aromatic amines is 1. The molecule has 1 N–H and O–H groups in total. The fourth-order valence-corrected chi connectivity index (χ4v) is 3.86. The van der Waals surface area contributed by atoms with E-state index in [9.17, 15) is 4.79 Å². The van der Waals surface area contributed by atoms with Gasteiger partial charge in [0.1, 0.15) is 0 Å². The van der Waals surface area contributed by atoms with Crippen LogP contribution in [0, 0.1) is 0 Å². The molecule has 5 nitrogen and oxygen atoms in total. The van der Waals surface area contributed by atoms with Gasteiger partial charge in [0.15, 0.2) is 0 Å². The zero-order chi connectivity index (χ0) is 22.1. The Labute approximate surface area is 192 Å². The van der Waals surface area contributed by atoms with Crippen molar-refractivity contribution in [3.63, 3.8) is 0 Å². The van der Waals surface area contributed by atoms with E-state index in [1.807, 2.05) is 102 Å². The van der Waals surface area contributed by atoms with E-state index >= 15 is 0 Å². The molecule has 6 heteroatoms. The van der Waals surface area contributed by atoms with Gasteiger partial charge < -0.3 is 0 Å². The molecule has 2 aromatic heterocycles. The monoisotopic (exact) mass is 482 g/mol. The molecule has 0 atom stereocenters. The predicted octanol–water partition coefficient (Wildman–Crippen LogP) is 4.02. The van der Waals surface area contributed by atoms with Crippen molar-refractivity contribution in [2.24, 2.45) is 0 Å². The molecule has 0 aliphatic heterocycles. The Kier molecular flexibility index (Phi) is 5.21. The maximum Gasteiger partial charge on any atom is 0.279 e. The number of aromatic nitrogens is 4. The lowest BCUT2D eigenvalue weighted by atomic mass is 10.1. The van der Waals surface area contributed by atoms with Gasteiger partial charge in [-0.1, -0.05) is 71.0 Å². The minimum Gasteiger partial charge on any atom is -0.291 e. The summed E-state index contributed by atoms with van der Waals surface area (Å²) in [5, 5.41) is 8.96. The van der Waals surface area contributed by atoms with Crippen LogP contribution in [0.1, 0.15) is 5.56 Å². The summed E-state index contributed by atoms with van der Waals surface area (Å²) in [4.78, 5) is 13.2. The van der Waals surface area contributed by atoms with Gasteiger partial charge in [-0.05, 0) is 42.5 Å². The lowest BCUT2D eigenvalue weighted by Gasteiger charge is -2.00. The summed E-state index contributed by atoms with van der Waals surface area (Å²) in [6.45, 7) is 4.06. The highest BCUT2D eigenvalue weighted by molar-refractivity contribution is 9.10. The van der Waals surface area contributed by atoms with Crippen molar-refractivity contribution in [2.75, 3.05) is 0 Å². The molecule has 0 unspecified atom stereocenters. The van der Waals surface area contributed by atoms with E-state index in [1.165, 1.54) is 4.68 Å². The zero-order valence-electron chi connectivity index (χ0n) is 17.1. The lowest BCUT2D eigenvalue weighted by molar-refractivity contribution is 0.838. The van der Waals surface area contributed by atoms with Gasteiger partial charge >= 0.3 is 0 Å². The van der Waals surface area contributed by atoms with E-state index in [0.717, 1.165) is 32.7 Å². The number of rotatable bonds is 4. The van der Waals surface area contributed by atoms with E-state index in [0.29, 0.717) is 10.6 Å². The number of halogens is 1. The van der Waals surface area contributed by atoms with Crippen LogP contribution in [-0.2, 0) is 0 Å². The first-order valence-electron chi connectivity index (χ1n) is 10.1. The molecule has 2 heterocycles. The van der Waals surface area contributed by atoms with E-state index < -0.39 is 0 Å². The number of hydrogen-bond acceptors (Lipinski definition) is 2. The second kappa shape index (κ2) is 8.32. The Hall–Kier alpha value is -3.90. The average molecular weight is 483 g/mol. The number of nitrogens with zero attached hydrogens (tertiary/aromatic N) is 3. The minimum atomic E-state index is -0.157. The van der Waals surface area contributed by atoms with Crippen molar-refractivity contribution in [2.45, 2.75) is 0 Å². The molecule has 5 rings (SSSR count). The smallest absolute Gasteiger partial charge is 0.279 e. The molecule has 0 amide bonds. The highest BCUT2D eigenvalue weighted by atomic mass is 79.9. The molecule has 3 aromatic carbocycles. The Morgan fingerprint density at radius 2 is 1.50 bits per heavy atom. The Bertz CT molecular complexity index is 1550. The van der Waals surface area contributed by atoms with Gasteiger partial charge in [-0.3, -0.25) is 9.89 Å². The van der Waals surface area contributed by atoms with E-state index in [-0.39, 0.29) is 5.56 Å². The summed E-state index contributed by atoms with van der Waals surface area (Å²) in [6.07, 6.45) is 3.79. The van der Waals surface area contributed by atoms with Crippen molar-refractivity contribution in [3.05, 3.63) is 122 Å². The second-order valence-corrected chi connectivity index (χ2v) is 8.26. The fraction of sp³-hybridized carbons (Fsp3) is 0. The third-order valence-electron chi connectivity index (χ3n) is 5.20. The first-order valence-corrected chi connectivity index (χ1v) is 10.9. The Balaban J connectivity index is 1.72. The van der Waals surface area contributed by atoms with Crippen molar-refractivity contribution in [1.82, 2.24) is 19.6 Å². The standard InChI is InChI=1S/C26H19BrN4O/c1-18-24(26(32)31(28-18)23-10-6-3-7-11-23)16-20-17-30(22-8-4-2-5-9-22)29-25(20)19-12-14-21(27)15-13-19/h2-17,28H,1H2/b24-16-. The number of para-hydroxylation sites is 2. The van der Waals surface area contributed by atoms with Gasteiger partial charge in [0, 0.05) is 21.8 Å². The predicted molar refractivity (Wildman–Crippen MR) is 131 cm³/mol. The maximum absolute atomic E-state index is 13.2. The van der Waals surface area contributed by atoms with Crippen LogP contribution in [0.15, 0.2) is 100 Å². The molecule has 0 aliphatic rings. The molecule has 0 saturated carbocycles. The molecule has 0 aliphatic carbocycles. The summed E-state index contributed by atoms with van der Waals surface area (Å²) in [5.41, 5.74) is 4.12. The molecule has 156 valence electrons. The van der Waals surface area contributed by atoms with Crippen LogP contribution >= 0.6 is 15.9 Å². The molecule has 0 saturated heterocycles. The van der Waals surface area contributed by atoms with E-state index in [2.05, 4.69) is 27.6 Å². The molecule has 5 aromatic rings. The average Bonchev–Trinajstić information content (AvgIpc) is 3.37. The molecule has 0 radical (unpaired) electrons. The van der Waals surface area contributed by atoms with Crippen molar-refractivity contribution in [3.8, 4) is 22.6 Å². The van der Waals surface area contributed by atoms with Crippen molar-refractivity contribution < 1.29 is 0 Å². The number of benzene rings is 3. The van der Waals surface area contributed by atoms with Gasteiger partial charge in [-0.15, -0.1) is 0 Å². The minimum absolute atomic E-state index is 0.157. The number of hydrogen-bond donors (Lipinski definition) is 1. The van der Waals surface area contributed by atoms with Gasteiger partial charge in [-0.25, -0.2) is 9.36 Å². The van der Waals surface area contributed by atoms with Gasteiger partial charge in [0.05, 0.1) is 27.6 Å². The molecule has 32 heavy (non-hydrogen) atoms. The van der Waals surface area contributed by atoms with Gasteiger partial charge in [0.2, 0.25) is 0 Å². The topological polar surface area (TPSA) is 55.6 Å². The SMILES string of the molecule is C=c1[nH]n(-c2ccccc2)c(=O)/c1=C\c1cn(-c2ccccc2)nc1-c1ccc(Br)cc1. The molecule has 0 spiro atoms. The molecule has 0 fully saturated rings. The Morgan fingerprint density at radius 1 is 0.875 bits per heavy atom. The first kappa shape index (κ1) is 20.0. The normalized spacial score (nSPS) is 11.7. The summed E-state index contributed by atoms with van der Waals surface area (Å²) >= 11 is 3.49. The third kappa shape index (κ3) is 3.76. The third-order valence-corrected chi connectivity index (χ3v) is 5.73. The highest BCUT2D eigenvalue weighted by Crippen LogP contribution is 2.25. The first-order chi connectivity index (χ1) is 15.6. The Morgan fingerprint density at radius 3 is 2.16 bits per heavy atom. The van der Waals surface area contributed by atoms with Crippen LogP contribution in [0.3, 0.4) is 0 Å². The molecule has 0 bridgehead atoms. The molecular weight excluding hydrogens is 464 g/mol. The summed E-state index contributed by atoms with van der Waals surface area (Å²) in [5.74, 6) is 0. The quantitative estimate of drug-likeness (QED) is 0.420.